The van der Waals surface area contributed by atoms with Crippen molar-refractivity contribution in [2.24, 2.45) is 0 Å². The first kappa shape index (κ1) is 16.9. The van der Waals surface area contributed by atoms with Gasteiger partial charge in [0.15, 0.2) is 11.5 Å². The lowest BCUT2D eigenvalue weighted by Crippen LogP contribution is -2.34. The number of aromatic nitrogens is 1. The van der Waals surface area contributed by atoms with Gasteiger partial charge in [0.25, 0.3) is 5.79 Å². The highest BCUT2D eigenvalue weighted by Gasteiger charge is 2.44. The highest BCUT2D eigenvalue weighted by atomic mass is 16.7. The number of carbonyl (C=O) groups excluding carboxylic acids is 1. The summed E-state index contributed by atoms with van der Waals surface area (Å²) in [5, 5.41) is 2.89. The number of ether oxygens (including phenoxy) is 2. The lowest BCUT2D eigenvalue weighted by atomic mass is 10.2. The minimum Gasteiger partial charge on any atom is -0.448 e. The van der Waals surface area contributed by atoms with E-state index in [0.717, 1.165) is 37.0 Å². The van der Waals surface area contributed by atoms with Gasteiger partial charge in [-0.3, -0.25) is 4.79 Å². The van der Waals surface area contributed by atoms with Crippen molar-refractivity contribution in [3.63, 3.8) is 0 Å². The Morgan fingerprint density at radius 3 is 2.64 bits per heavy atom. The van der Waals surface area contributed by atoms with Gasteiger partial charge in [-0.2, -0.15) is 0 Å². The van der Waals surface area contributed by atoms with E-state index in [1.165, 1.54) is 6.26 Å². The number of oxazole rings is 1. The molecule has 28 heavy (non-hydrogen) atoms. The van der Waals surface area contributed by atoms with Crippen LogP contribution in [0.5, 0.6) is 11.5 Å². The van der Waals surface area contributed by atoms with Crippen molar-refractivity contribution < 1.29 is 18.7 Å². The molecular weight excluding hydrogens is 356 g/mol. The topological polar surface area (TPSA) is 73.6 Å². The van der Waals surface area contributed by atoms with Crippen LogP contribution in [-0.2, 0) is 11.2 Å². The first-order chi connectivity index (χ1) is 13.7. The number of carbonyl (C=O) groups is 1. The quantitative estimate of drug-likeness (QED) is 0.722. The van der Waals surface area contributed by atoms with Crippen molar-refractivity contribution in [3.05, 3.63) is 60.5 Å². The second-order valence-electron chi connectivity index (χ2n) is 7.22. The molecular formula is C22H20N2O4. The molecule has 1 spiro atoms. The van der Waals surface area contributed by atoms with E-state index in [9.17, 15) is 4.79 Å². The van der Waals surface area contributed by atoms with Crippen molar-refractivity contribution in [1.29, 1.82) is 0 Å². The van der Waals surface area contributed by atoms with Crippen LogP contribution in [0.25, 0.3) is 11.5 Å². The van der Waals surface area contributed by atoms with Crippen molar-refractivity contribution >= 4 is 11.6 Å². The van der Waals surface area contributed by atoms with Gasteiger partial charge in [-0.1, -0.05) is 18.2 Å². The largest absolute Gasteiger partial charge is 0.448 e. The van der Waals surface area contributed by atoms with Crippen molar-refractivity contribution in [3.8, 4) is 23.0 Å². The Morgan fingerprint density at radius 2 is 1.82 bits per heavy atom. The van der Waals surface area contributed by atoms with Crippen LogP contribution in [0.4, 0.5) is 5.69 Å². The number of nitrogens with zero attached hydrogens (tertiary/aromatic N) is 1. The van der Waals surface area contributed by atoms with Gasteiger partial charge in [-0.05, 0) is 37.1 Å². The molecule has 6 nitrogen and oxygen atoms in total. The predicted molar refractivity (Wildman–Crippen MR) is 103 cm³/mol. The minimum atomic E-state index is -0.500. The number of amides is 1. The number of fused-ring (bicyclic) bond motifs is 1. The van der Waals surface area contributed by atoms with Crippen molar-refractivity contribution in [2.45, 2.75) is 37.9 Å². The summed E-state index contributed by atoms with van der Waals surface area (Å²) in [4.78, 5) is 16.8. The molecule has 5 rings (SSSR count). The number of hydrogen-bond donors (Lipinski definition) is 1. The van der Waals surface area contributed by atoms with Crippen molar-refractivity contribution in [2.75, 3.05) is 5.32 Å². The standard InChI is InChI=1S/C22H20N2O4/c25-20(13-17-14-26-21(24-17)15-6-2-1-3-7-15)23-16-8-9-18-19(12-16)28-22(27-18)10-4-5-11-22/h1-3,6-9,12,14H,4-5,10-11,13H2,(H,23,25). The summed E-state index contributed by atoms with van der Waals surface area (Å²) in [5.41, 5.74) is 2.14. The third-order valence-corrected chi connectivity index (χ3v) is 5.10. The number of rotatable bonds is 4. The first-order valence-corrected chi connectivity index (χ1v) is 9.51. The molecule has 6 heteroatoms. The van der Waals surface area contributed by atoms with E-state index in [1.807, 2.05) is 48.5 Å². The second kappa shape index (κ2) is 6.71. The summed E-state index contributed by atoms with van der Waals surface area (Å²) in [5.74, 6) is 1.27. The lowest BCUT2D eigenvalue weighted by molar-refractivity contribution is -0.115. The van der Waals surface area contributed by atoms with Crippen molar-refractivity contribution in [1.82, 2.24) is 4.98 Å². The van der Waals surface area contributed by atoms with Gasteiger partial charge < -0.3 is 19.2 Å². The smallest absolute Gasteiger partial charge is 0.251 e. The van der Waals surface area contributed by atoms with Gasteiger partial charge in [0.2, 0.25) is 11.8 Å². The van der Waals surface area contributed by atoms with Crippen LogP contribution in [0, 0.1) is 0 Å². The molecule has 1 aliphatic carbocycles. The number of benzene rings is 2. The van der Waals surface area contributed by atoms with Gasteiger partial charge in [0, 0.05) is 30.2 Å². The first-order valence-electron chi connectivity index (χ1n) is 9.51. The molecule has 1 saturated carbocycles. The Morgan fingerprint density at radius 1 is 1.04 bits per heavy atom. The Kier molecular flexibility index (Phi) is 4.04. The zero-order valence-corrected chi connectivity index (χ0v) is 15.3. The molecule has 142 valence electrons. The van der Waals surface area contributed by atoms with Gasteiger partial charge in [-0.15, -0.1) is 0 Å². The normalized spacial score (nSPS) is 16.4. The van der Waals surface area contributed by atoms with E-state index < -0.39 is 5.79 Å². The van der Waals surface area contributed by atoms with Crippen LogP contribution in [0.2, 0.25) is 0 Å². The summed E-state index contributed by atoms with van der Waals surface area (Å²) in [7, 11) is 0. The van der Waals surface area contributed by atoms with E-state index in [-0.39, 0.29) is 12.3 Å². The van der Waals surface area contributed by atoms with E-state index in [2.05, 4.69) is 10.3 Å². The SMILES string of the molecule is O=C(Cc1coc(-c2ccccc2)n1)Nc1ccc2c(c1)OC1(CCCC1)O2. The number of nitrogens with one attached hydrogen (secondary N) is 1. The highest BCUT2D eigenvalue weighted by molar-refractivity contribution is 5.92. The summed E-state index contributed by atoms with van der Waals surface area (Å²) < 4.78 is 17.5. The maximum atomic E-state index is 12.4. The van der Waals surface area contributed by atoms with Crippen LogP contribution in [-0.4, -0.2) is 16.7 Å². The molecule has 2 heterocycles. The van der Waals surface area contributed by atoms with Gasteiger partial charge in [-0.25, -0.2) is 4.98 Å². The summed E-state index contributed by atoms with van der Waals surface area (Å²) >= 11 is 0. The Hall–Kier alpha value is -3.28. The number of anilines is 1. The Bertz CT molecular complexity index is 1010. The summed E-state index contributed by atoms with van der Waals surface area (Å²) in [6.45, 7) is 0. The van der Waals surface area contributed by atoms with Crippen LogP contribution in [0.3, 0.4) is 0 Å². The Labute approximate surface area is 162 Å². The molecule has 1 amide bonds. The van der Waals surface area contributed by atoms with Crippen LogP contribution in [0.1, 0.15) is 31.4 Å². The summed E-state index contributed by atoms with van der Waals surface area (Å²) in [6, 6.07) is 15.1. The van der Waals surface area contributed by atoms with E-state index in [0.29, 0.717) is 23.0 Å². The maximum Gasteiger partial charge on any atom is 0.251 e. The predicted octanol–water partition coefficient (Wildman–Crippen LogP) is 4.56. The fourth-order valence-electron chi connectivity index (χ4n) is 3.76. The highest BCUT2D eigenvalue weighted by Crippen LogP contribution is 2.47. The molecule has 1 aliphatic heterocycles. The maximum absolute atomic E-state index is 12.4. The molecule has 2 aromatic carbocycles. The molecule has 1 N–H and O–H groups in total. The zero-order valence-electron chi connectivity index (χ0n) is 15.3. The van der Waals surface area contributed by atoms with Crippen LogP contribution < -0.4 is 14.8 Å². The van der Waals surface area contributed by atoms with E-state index in [4.69, 9.17) is 13.9 Å². The van der Waals surface area contributed by atoms with Gasteiger partial charge in [0.05, 0.1) is 12.1 Å². The Balaban J connectivity index is 1.24. The fraction of sp³-hybridized carbons (Fsp3) is 0.273. The fourth-order valence-corrected chi connectivity index (χ4v) is 3.76. The molecule has 3 aromatic rings. The molecule has 1 aromatic heterocycles. The zero-order chi connectivity index (χ0) is 19.0. The summed E-state index contributed by atoms with van der Waals surface area (Å²) in [6.07, 6.45) is 5.68. The molecule has 0 saturated heterocycles. The minimum absolute atomic E-state index is 0.134. The van der Waals surface area contributed by atoms with Gasteiger partial charge >= 0.3 is 0 Å². The second-order valence-corrected chi connectivity index (χ2v) is 7.22. The molecule has 0 unspecified atom stereocenters. The average Bonchev–Trinajstić information content (AvgIpc) is 3.42. The lowest BCUT2D eigenvalue weighted by Gasteiger charge is -2.21. The van der Waals surface area contributed by atoms with Crippen LogP contribution >= 0.6 is 0 Å². The molecule has 1 fully saturated rings. The molecule has 0 radical (unpaired) electrons. The van der Waals surface area contributed by atoms with E-state index >= 15 is 0 Å². The molecule has 2 aliphatic rings. The third-order valence-electron chi connectivity index (χ3n) is 5.10. The number of hydrogen-bond acceptors (Lipinski definition) is 5. The molecule has 0 atom stereocenters. The van der Waals surface area contributed by atoms with Crippen LogP contribution in [0.15, 0.2) is 59.2 Å². The third kappa shape index (κ3) is 3.22. The monoisotopic (exact) mass is 376 g/mol. The molecule has 0 bridgehead atoms. The average molecular weight is 376 g/mol. The van der Waals surface area contributed by atoms with Gasteiger partial charge in [0.1, 0.15) is 6.26 Å². The van der Waals surface area contributed by atoms with E-state index in [1.54, 1.807) is 0 Å².